The maximum atomic E-state index is 11.9. The molecular formula is C16H26N2O5. The second-order valence-corrected chi connectivity index (χ2v) is 4.83. The molecule has 0 atom stereocenters. The lowest BCUT2D eigenvalue weighted by Gasteiger charge is -2.21. The third kappa shape index (κ3) is 6.33. The fourth-order valence-corrected chi connectivity index (χ4v) is 2.12. The summed E-state index contributed by atoms with van der Waals surface area (Å²) in [5.41, 5.74) is 1.02. The quantitative estimate of drug-likeness (QED) is 0.587. The van der Waals surface area contributed by atoms with Crippen molar-refractivity contribution in [3.63, 3.8) is 0 Å². The van der Waals surface area contributed by atoms with Crippen LogP contribution in [0.2, 0.25) is 0 Å². The van der Waals surface area contributed by atoms with Gasteiger partial charge in [0.15, 0.2) is 11.5 Å². The molecule has 0 aliphatic rings. The van der Waals surface area contributed by atoms with E-state index in [1.165, 1.54) is 4.90 Å². The van der Waals surface area contributed by atoms with Crippen molar-refractivity contribution in [1.82, 2.24) is 10.2 Å². The fraction of sp³-hybridized carbons (Fsp3) is 0.562. The molecule has 0 aliphatic heterocycles. The van der Waals surface area contributed by atoms with Crippen LogP contribution >= 0.6 is 0 Å². The standard InChI is InChI=1S/C16H26N2O5/c1-3-23-14-5-4-13(12-15(14)22-2)6-7-17-16(21)18(8-10-19)9-11-20/h4-5,12,19-20H,3,6-11H2,1-2H3,(H,17,21). The maximum Gasteiger partial charge on any atom is 0.317 e. The Morgan fingerprint density at radius 2 is 1.91 bits per heavy atom. The first-order valence-electron chi connectivity index (χ1n) is 7.70. The molecule has 0 aliphatic carbocycles. The summed E-state index contributed by atoms with van der Waals surface area (Å²) >= 11 is 0. The van der Waals surface area contributed by atoms with Gasteiger partial charge in [-0.1, -0.05) is 6.07 Å². The van der Waals surface area contributed by atoms with Gasteiger partial charge < -0.3 is 29.9 Å². The molecule has 130 valence electrons. The minimum Gasteiger partial charge on any atom is -0.493 e. The number of nitrogens with zero attached hydrogens (tertiary/aromatic N) is 1. The number of rotatable bonds is 10. The highest BCUT2D eigenvalue weighted by molar-refractivity contribution is 5.74. The van der Waals surface area contributed by atoms with E-state index in [4.69, 9.17) is 19.7 Å². The minimum absolute atomic E-state index is 0.135. The van der Waals surface area contributed by atoms with Crippen LogP contribution in [0.25, 0.3) is 0 Å². The van der Waals surface area contributed by atoms with Gasteiger partial charge in [-0.05, 0) is 31.0 Å². The van der Waals surface area contributed by atoms with Crippen molar-refractivity contribution in [3.05, 3.63) is 23.8 Å². The number of hydrogen-bond acceptors (Lipinski definition) is 5. The van der Waals surface area contributed by atoms with Crippen LogP contribution in [0.3, 0.4) is 0 Å². The zero-order chi connectivity index (χ0) is 17.1. The third-order valence-corrected chi connectivity index (χ3v) is 3.24. The van der Waals surface area contributed by atoms with Gasteiger partial charge in [-0.15, -0.1) is 0 Å². The largest absolute Gasteiger partial charge is 0.493 e. The molecule has 0 bridgehead atoms. The Morgan fingerprint density at radius 1 is 1.22 bits per heavy atom. The third-order valence-electron chi connectivity index (χ3n) is 3.24. The molecule has 0 spiro atoms. The van der Waals surface area contributed by atoms with Crippen LogP contribution in [0.15, 0.2) is 18.2 Å². The van der Waals surface area contributed by atoms with Gasteiger partial charge in [0.2, 0.25) is 0 Å². The number of urea groups is 1. The molecule has 1 rings (SSSR count). The molecule has 7 heteroatoms. The number of methoxy groups -OCH3 is 1. The number of carbonyl (C=O) groups is 1. The number of nitrogens with one attached hydrogen (secondary N) is 1. The molecule has 1 aromatic carbocycles. The lowest BCUT2D eigenvalue weighted by molar-refractivity contribution is 0.158. The van der Waals surface area contributed by atoms with Gasteiger partial charge in [-0.3, -0.25) is 0 Å². The van der Waals surface area contributed by atoms with E-state index in [1.807, 2.05) is 25.1 Å². The number of aliphatic hydroxyl groups excluding tert-OH is 2. The van der Waals surface area contributed by atoms with Gasteiger partial charge in [-0.2, -0.15) is 0 Å². The number of hydrogen-bond donors (Lipinski definition) is 3. The van der Waals surface area contributed by atoms with E-state index >= 15 is 0 Å². The molecule has 2 amide bonds. The molecule has 0 saturated carbocycles. The summed E-state index contributed by atoms with van der Waals surface area (Å²) in [6.07, 6.45) is 0.639. The molecule has 0 unspecified atom stereocenters. The number of amides is 2. The first-order valence-corrected chi connectivity index (χ1v) is 7.70. The molecule has 0 fully saturated rings. The van der Waals surface area contributed by atoms with E-state index in [9.17, 15) is 4.79 Å². The van der Waals surface area contributed by atoms with Crippen LogP contribution in [0.5, 0.6) is 11.5 Å². The summed E-state index contributed by atoms with van der Waals surface area (Å²) in [5.74, 6) is 1.36. The molecule has 0 aromatic heterocycles. The summed E-state index contributed by atoms with van der Waals surface area (Å²) in [6, 6.07) is 5.37. The summed E-state index contributed by atoms with van der Waals surface area (Å²) in [6.45, 7) is 3.05. The molecule has 3 N–H and O–H groups in total. The molecule has 1 aromatic rings. The Bertz CT molecular complexity index is 476. The number of benzene rings is 1. The van der Waals surface area contributed by atoms with Crippen LogP contribution in [0.1, 0.15) is 12.5 Å². The molecule has 0 heterocycles. The Morgan fingerprint density at radius 3 is 2.48 bits per heavy atom. The summed E-state index contributed by atoms with van der Waals surface area (Å²) in [5, 5.41) is 20.6. The highest BCUT2D eigenvalue weighted by Crippen LogP contribution is 2.28. The van der Waals surface area contributed by atoms with Crippen molar-refractivity contribution >= 4 is 6.03 Å². The lowest BCUT2D eigenvalue weighted by atomic mass is 10.1. The highest BCUT2D eigenvalue weighted by atomic mass is 16.5. The number of carbonyl (C=O) groups excluding carboxylic acids is 1. The van der Waals surface area contributed by atoms with Gasteiger partial charge in [0.05, 0.1) is 26.9 Å². The summed E-state index contributed by atoms with van der Waals surface area (Å²) < 4.78 is 10.8. The van der Waals surface area contributed by atoms with Crippen molar-refractivity contribution in [2.24, 2.45) is 0 Å². The van der Waals surface area contributed by atoms with E-state index in [2.05, 4.69) is 5.32 Å². The van der Waals surface area contributed by atoms with Gasteiger partial charge in [-0.25, -0.2) is 4.79 Å². The van der Waals surface area contributed by atoms with Gasteiger partial charge in [0.1, 0.15) is 0 Å². The smallest absolute Gasteiger partial charge is 0.317 e. The molecule has 0 saturated heterocycles. The SMILES string of the molecule is CCOc1ccc(CCNC(=O)N(CCO)CCO)cc1OC. The monoisotopic (exact) mass is 326 g/mol. The average Bonchev–Trinajstić information content (AvgIpc) is 2.56. The summed E-state index contributed by atoms with van der Waals surface area (Å²) in [7, 11) is 1.59. The van der Waals surface area contributed by atoms with E-state index in [0.29, 0.717) is 31.1 Å². The topological polar surface area (TPSA) is 91.3 Å². The molecule has 0 radical (unpaired) electrons. The Labute approximate surface area is 136 Å². The second kappa shape index (κ2) is 10.7. The van der Waals surface area contributed by atoms with E-state index in [-0.39, 0.29) is 32.3 Å². The zero-order valence-electron chi connectivity index (χ0n) is 13.7. The zero-order valence-corrected chi connectivity index (χ0v) is 13.7. The second-order valence-electron chi connectivity index (χ2n) is 4.83. The first-order chi connectivity index (χ1) is 11.2. The van der Waals surface area contributed by atoms with Crippen molar-refractivity contribution in [3.8, 4) is 11.5 Å². The van der Waals surface area contributed by atoms with Gasteiger partial charge in [0, 0.05) is 19.6 Å². The van der Waals surface area contributed by atoms with Crippen LogP contribution in [0.4, 0.5) is 4.79 Å². The normalized spacial score (nSPS) is 10.3. The fourth-order valence-electron chi connectivity index (χ4n) is 2.12. The van der Waals surface area contributed by atoms with Crippen LogP contribution in [-0.4, -0.2) is 67.7 Å². The van der Waals surface area contributed by atoms with Crippen molar-refractivity contribution in [2.45, 2.75) is 13.3 Å². The van der Waals surface area contributed by atoms with Crippen LogP contribution in [0, 0.1) is 0 Å². The number of ether oxygens (including phenoxy) is 2. The maximum absolute atomic E-state index is 11.9. The molecular weight excluding hydrogens is 300 g/mol. The lowest BCUT2D eigenvalue weighted by Crippen LogP contribution is -2.43. The molecule has 7 nitrogen and oxygen atoms in total. The Balaban J connectivity index is 2.53. The van der Waals surface area contributed by atoms with Gasteiger partial charge >= 0.3 is 6.03 Å². The first kappa shape index (κ1) is 19.1. The number of aliphatic hydroxyl groups is 2. The minimum atomic E-state index is -0.300. The highest BCUT2D eigenvalue weighted by Gasteiger charge is 2.11. The van der Waals surface area contributed by atoms with Crippen molar-refractivity contribution in [2.75, 3.05) is 46.6 Å². The van der Waals surface area contributed by atoms with E-state index < -0.39 is 0 Å². The van der Waals surface area contributed by atoms with E-state index in [1.54, 1.807) is 7.11 Å². The Hall–Kier alpha value is -1.99. The van der Waals surface area contributed by atoms with Crippen LogP contribution < -0.4 is 14.8 Å². The van der Waals surface area contributed by atoms with Crippen LogP contribution in [-0.2, 0) is 6.42 Å². The average molecular weight is 326 g/mol. The predicted molar refractivity (Wildman–Crippen MR) is 87.0 cm³/mol. The van der Waals surface area contributed by atoms with Crippen molar-refractivity contribution in [1.29, 1.82) is 0 Å². The van der Waals surface area contributed by atoms with Gasteiger partial charge in [0.25, 0.3) is 0 Å². The predicted octanol–water partition coefficient (Wildman–Crippen LogP) is 0.633. The summed E-state index contributed by atoms with van der Waals surface area (Å²) in [4.78, 5) is 13.3. The van der Waals surface area contributed by atoms with Crippen molar-refractivity contribution < 1.29 is 24.5 Å². The molecule has 23 heavy (non-hydrogen) atoms. The van der Waals surface area contributed by atoms with E-state index in [0.717, 1.165) is 5.56 Å². The Kier molecular flexibility index (Phi) is 8.86.